The van der Waals surface area contributed by atoms with Crippen molar-refractivity contribution in [3.05, 3.63) is 16.1 Å². The van der Waals surface area contributed by atoms with Crippen LogP contribution in [0.5, 0.6) is 0 Å². The Bertz CT molecular complexity index is 349. The third-order valence-corrected chi connectivity index (χ3v) is 3.19. The number of nitrogens with one attached hydrogen (secondary N) is 2. The second-order valence-electron chi connectivity index (χ2n) is 4.07. The van der Waals surface area contributed by atoms with E-state index in [0.29, 0.717) is 6.54 Å². The van der Waals surface area contributed by atoms with Crippen molar-refractivity contribution in [1.82, 2.24) is 15.6 Å². The molecule has 0 spiro atoms. The molecule has 1 aromatic heterocycles. The first kappa shape index (κ1) is 13.1. The van der Waals surface area contributed by atoms with Crippen LogP contribution in [0, 0.1) is 12.8 Å². The van der Waals surface area contributed by atoms with Gasteiger partial charge in [0.25, 0.3) is 0 Å². The first-order valence-electron chi connectivity index (χ1n) is 5.40. The van der Waals surface area contributed by atoms with Crippen LogP contribution < -0.4 is 10.6 Å². The van der Waals surface area contributed by atoms with E-state index in [4.69, 9.17) is 0 Å². The normalized spacial score (nSPS) is 12.8. The molecule has 0 fully saturated rings. The van der Waals surface area contributed by atoms with E-state index in [2.05, 4.69) is 15.6 Å². The van der Waals surface area contributed by atoms with Crippen molar-refractivity contribution in [3.8, 4) is 0 Å². The summed E-state index contributed by atoms with van der Waals surface area (Å²) < 4.78 is 0. The highest BCUT2D eigenvalue weighted by molar-refractivity contribution is 7.09. The molecule has 90 valence electrons. The Kier molecular flexibility index (Phi) is 4.89. The molecule has 0 aliphatic rings. The fraction of sp³-hybridized carbons (Fsp3) is 0.636. The molecule has 1 heterocycles. The van der Waals surface area contributed by atoms with Crippen molar-refractivity contribution in [3.63, 3.8) is 0 Å². The molecule has 1 atom stereocenters. The van der Waals surface area contributed by atoms with Gasteiger partial charge >= 0.3 is 0 Å². The van der Waals surface area contributed by atoms with Gasteiger partial charge in [-0.15, -0.1) is 11.3 Å². The summed E-state index contributed by atoms with van der Waals surface area (Å²) in [7, 11) is 1.66. The zero-order valence-electron chi connectivity index (χ0n) is 10.2. The molecular weight excluding hydrogens is 222 g/mol. The summed E-state index contributed by atoms with van der Waals surface area (Å²) in [5.41, 5.74) is 0.997. The van der Waals surface area contributed by atoms with Gasteiger partial charge in [-0.25, -0.2) is 4.98 Å². The topological polar surface area (TPSA) is 54.0 Å². The molecule has 1 amide bonds. The van der Waals surface area contributed by atoms with Gasteiger partial charge in [0.05, 0.1) is 16.7 Å². The first-order chi connectivity index (χ1) is 7.54. The van der Waals surface area contributed by atoms with Crippen LogP contribution in [0.4, 0.5) is 0 Å². The zero-order valence-corrected chi connectivity index (χ0v) is 11.0. The van der Waals surface area contributed by atoms with Gasteiger partial charge < -0.3 is 5.32 Å². The van der Waals surface area contributed by atoms with E-state index < -0.39 is 0 Å². The third-order valence-electron chi connectivity index (χ3n) is 2.37. The van der Waals surface area contributed by atoms with Crippen LogP contribution in [-0.2, 0) is 11.3 Å². The Balaban J connectivity index is 2.53. The predicted octanol–water partition coefficient (Wildman–Crippen LogP) is 1.31. The lowest BCUT2D eigenvalue weighted by Crippen LogP contribution is -2.46. The summed E-state index contributed by atoms with van der Waals surface area (Å²) in [5, 5.41) is 8.97. The summed E-state index contributed by atoms with van der Waals surface area (Å²) >= 11 is 1.63. The molecule has 1 unspecified atom stereocenters. The lowest BCUT2D eigenvalue weighted by atomic mass is 10.0. The number of carbonyl (C=O) groups is 1. The molecule has 0 saturated heterocycles. The second kappa shape index (κ2) is 5.96. The lowest BCUT2D eigenvalue weighted by Gasteiger charge is -2.20. The summed E-state index contributed by atoms with van der Waals surface area (Å²) in [6.45, 7) is 6.67. The highest BCUT2D eigenvalue weighted by Crippen LogP contribution is 2.09. The van der Waals surface area contributed by atoms with Gasteiger partial charge in [0, 0.05) is 19.0 Å². The summed E-state index contributed by atoms with van der Waals surface area (Å²) in [4.78, 5) is 15.9. The summed E-state index contributed by atoms with van der Waals surface area (Å²) in [6.07, 6.45) is 0. The molecule has 0 saturated carbocycles. The van der Waals surface area contributed by atoms with Gasteiger partial charge in [-0.05, 0) is 12.8 Å². The molecule has 0 radical (unpaired) electrons. The van der Waals surface area contributed by atoms with Crippen molar-refractivity contribution in [2.24, 2.45) is 5.92 Å². The lowest BCUT2D eigenvalue weighted by molar-refractivity contribution is -0.123. The largest absolute Gasteiger partial charge is 0.358 e. The maximum Gasteiger partial charge on any atom is 0.237 e. The number of hydrogen-bond acceptors (Lipinski definition) is 4. The fourth-order valence-corrected chi connectivity index (χ4v) is 2.10. The molecule has 1 rings (SSSR count). The SMILES string of the molecule is CNC(=O)C(NCc1csc(C)n1)C(C)C. The highest BCUT2D eigenvalue weighted by Gasteiger charge is 2.20. The number of hydrogen-bond donors (Lipinski definition) is 2. The van der Waals surface area contributed by atoms with Gasteiger partial charge in [-0.1, -0.05) is 13.8 Å². The van der Waals surface area contributed by atoms with Crippen LogP contribution >= 0.6 is 11.3 Å². The molecule has 1 aromatic rings. The van der Waals surface area contributed by atoms with E-state index >= 15 is 0 Å². The van der Waals surface area contributed by atoms with Gasteiger partial charge in [-0.3, -0.25) is 10.1 Å². The maximum absolute atomic E-state index is 11.6. The minimum Gasteiger partial charge on any atom is -0.358 e. The van der Waals surface area contributed by atoms with Crippen LogP contribution in [0.3, 0.4) is 0 Å². The molecule has 4 nitrogen and oxygen atoms in total. The Hall–Kier alpha value is -0.940. The third kappa shape index (κ3) is 3.57. The number of likely N-dealkylation sites (N-methyl/N-ethyl adjacent to an activating group) is 1. The number of thiazole rings is 1. The summed E-state index contributed by atoms with van der Waals surface area (Å²) in [6, 6.07) is -0.160. The minimum atomic E-state index is -0.160. The van der Waals surface area contributed by atoms with Crippen molar-refractivity contribution in [1.29, 1.82) is 0 Å². The second-order valence-corrected chi connectivity index (χ2v) is 5.14. The van der Waals surface area contributed by atoms with Gasteiger partial charge in [0.15, 0.2) is 0 Å². The minimum absolute atomic E-state index is 0.0296. The Morgan fingerprint density at radius 3 is 2.69 bits per heavy atom. The van der Waals surface area contributed by atoms with E-state index in [-0.39, 0.29) is 17.9 Å². The predicted molar refractivity (Wildman–Crippen MR) is 66.4 cm³/mol. The monoisotopic (exact) mass is 241 g/mol. The van der Waals surface area contributed by atoms with Crippen LogP contribution in [0.15, 0.2) is 5.38 Å². The number of amides is 1. The van der Waals surface area contributed by atoms with Crippen LogP contribution in [0.25, 0.3) is 0 Å². The number of carbonyl (C=O) groups excluding carboxylic acids is 1. The molecule has 2 N–H and O–H groups in total. The van der Waals surface area contributed by atoms with Gasteiger partial charge in [0.2, 0.25) is 5.91 Å². The van der Waals surface area contributed by atoms with E-state index in [1.165, 1.54) is 0 Å². The zero-order chi connectivity index (χ0) is 12.1. The molecule has 0 bridgehead atoms. The van der Waals surface area contributed by atoms with Crippen molar-refractivity contribution < 1.29 is 4.79 Å². The van der Waals surface area contributed by atoms with E-state index in [9.17, 15) is 4.79 Å². The molecule has 16 heavy (non-hydrogen) atoms. The smallest absolute Gasteiger partial charge is 0.237 e. The Morgan fingerprint density at radius 1 is 1.56 bits per heavy atom. The standard InChI is InChI=1S/C11H19N3OS/c1-7(2)10(11(15)12-4)13-5-9-6-16-8(3)14-9/h6-7,10,13H,5H2,1-4H3,(H,12,15). The van der Waals surface area contributed by atoms with Gasteiger partial charge in [0.1, 0.15) is 0 Å². The molecule has 0 aliphatic heterocycles. The Labute approximate surface area is 100 Å². The van der Waals surface area contributed by atoms with E-state index in [1.54, 1.807) is 18.4 Å². The average Bonchev–Trinajstić information content (AvgIpc) is 2.63. The maximum atomic E-state index is 11.6. The number of aryl methyl sites for hydroxylation is 1. The quantitative estimate of drug-likeness (QED) is 0.817. The van der Waals surface area contributed by atoms with E-state index in [0.717, 1.165) is 10.7 Å². The van der Waals surface area contributed by atoms with Crippen LogP contribution in [-0.4, -0.2) is 24.0 Å². The van der Waals surface area contributed by atoms with Crippen molar-refractivity contribution in [2.45, 2.75) is 33.4 Å². The van der Waals surface area contributed by atoms with E-state index in [1.807, 2.05) is 26.2 Å². The van der Waals surface area contributed by atoms with Gasteiger partial charge in [-0.2, -0.15) is 0 Å². The molecular formula is C11H19N3OS. The molecule has 0 aromatic carbocycles. The number of aromatic nitrogens is 1. The van der Waals surface area contributed by atoms with Crippen molar-refractivity contribution >= 4 is 17.2 Å². The highest BCUT2D eigenvalue weighted by atomic mass is 32.1. The number of rotatable bonds is 5. The molecule has 0 aliphatic carbocycles. The van der Waals surface area contributed by atoms with Crippen molar-refractivity contribution in [2.75, 3.05) is 7.05 Å². The average molecular weight is 241 g/mol. The fourth-order valence-electron chi connectivity index (χ4n) is 1.49. The van der Waals surface area contributed by atoms with Crippen LogP contribution in [0.2, 0.25) is 0 Å². The van der Waals surface area contributed by atoms with Crippen LogP contribution in [0.1, 0.15) is 24.5 Å². The Morgan fingerprint density at radius 2 is 2.25 bits per heavy atom. The first-order valence-corrected chi connectivity index (χ1v) is 6.28. The summed E-state index contributed by atoms with van der Waals surface area (Å²) in [5.74, 6) is 0.293. The molecule has 5 heteroatoms. The number of nitrogens with zero attached hydrogens (tertiary/aromatic N) is 1.